The maximum absolute atomic E-state index is 11.9. The summed E-state index contributed by atoms with van der Waals surface area (Å²) in [4.78, 5) is 11.9. The number of hydrogen-bond donors (Lipinski definition) is 2. The zero-order valence-corrected chi connectivity index (χ0v) is 11.3. The molecule has 17 heavy (non-hydrogen) atoms. The van der Waals surface area contributed by atoms with Crippen molar-refractivity contribution < 1.29 is 4.79 Å². The molecule has 3 nitrogen and oxygen atoms in total. The van der Waals surface area contributed by atoms with Crippen molar-refractivity contribution in [1.29, 1.82) is 0 Å². The van der Waals surface area contributed by atoms with Crippen LogP contribution in [0.1, 0.15) is 32.1 Å². The van der Waals surface area contributed by atoms with Crippen molar-refractivity contribution in [1.82, 2.24) is 0 Å². The summed E-state index contributed by atoms with van der Waals surface area (Å²) in [5.41, 5.74) is 6.70. The van der Waals surface area contributed by atoms with Crippen molar-refractivity contribution in [2.24, 2.45) is 5.73 Å². The molecule has 1 aromatic carbocycles. The molecule has 0 spiro atoms. The first kappa shape index (κ1) is 12.6. The van der Waals surface area contributed by atoms with Crippen molar-refractivity contribution in [2.75, 3.05) is 5.32 Å². The molecule has 1 aliphatic carbocycles. The molecule has 0 aliphatic heterocycles. The van der Waals surface area contributed by atoms with Crippen LogP contribution >= 0.6 is 15.9 Å². The Bertz CT molecular complexity index is 414. The van der Waals surface area contributed by atoms with E-state index in [1.807, 2.05) is 24.3 Å². The van der Waals surface area contributed by atoms with Gasteiger partial charge in [0.05, 0.1) is 5.69 Å². The monoisotopic (exact) mass is 296 g/mol. The highest BCUT2D eigenvalue weighted by molar-refractivity contribution is 9.10. The molecule has 1 aromatic rings. The fourth-order valence-electron chi connectivity index (χ4n) is 2.33. The third kappa shape index (κ3) is 3.30. The topological polar surface area (TPSA) is 55.1 Å². The number of halogens is 1. The Kier molecular flexibility index (Phi) is 3.84. The van der Waals surface area contributed by atoms with Crippen molar-refractivity contribution in [3.8, 4) is 0 Å². The van der Waals surface area contributed by atoms with Crippen LogP contribution in [0.2, 0.25) is 0 Å². The number of amides is 1. The number of carbonyl (C=O) groups is 1. The van der Waals surface area contributed by atoms with Crippen LogP contribution in [0.4, 0.5) is 5.69 Å². The summed E-state index contributed by atoms with van der Waals surface area (Å²) in [6.07, 6.45) is 4.60. The molecule has 92 valence electrons. The van der Waals surface area contributed by atoms with Gasteiger partial charge in [0.25, 0.3) is 0 Å². The first-order valence-corrected chi connectivity index (χ1v) is 6.72. The molecule has 1 fully saturated rings. The minimum absolute atomic E-state index is 0.00120. The molecule has 1 amide bonds. The van der Waals surface area contributed by atoms with Crippen molar-refractivity contribution in [3.63, 3.8) is 0 Å². The molecular weight excluding hydrogens is 280 g/mol. The molecule has 0 aromatic heterocycles. The second-order valence-electron chi connectivity index (χ2n) is 4.77. The maximum Gasteiger partial charge on any atom is 0.226 e. The van der Waals surface area contributed by atoms with Gasteiger partial charge in [0.15, 0.2) is 0 Å². The Morgan fingerprint density at radius 2 is 2.00 bits per heavy atom. The highest BCUT2D eigenvalue weighted by Crippen LogP contribution is 2.30. The normalized spacial score (nSPS) is 18.0. The fourth-order valence-corrected chi connectivity index (χ4v) is 2.72. The third-order valence-electron chi connectivity index (χ3n) is 3.26. The van der Waals surface area contributed by atoms with E-state index in [1.54, 1.807) is 0 Å². The van der Waals surface area contributed by atoms with E-state index in [1.165, 1.54) is 0 Å². The average Bonchev–Trinajstić information content (AvgIpc) is 2.68. The average molecular weight is 297 g/mol. The Balaban J connectivity index is 1.96. The molecule has 3 N–H and O–H groups in total. The van der Waals surface area contributed by atoms with Crippen LogP contribution in [0.5, 0.6) is 0 Å². The van der Waals surface area contributed by atoms with Gasteiger partial charge in [-0.1, -0.05) is 25.0 Å². The predicted octanol–water partition coefficient (Wildman–Crippen LogP) is 3.05. The molecule has 0 atom stereocenters. The van der Waals surface area contributed by atoms with E-state index in [2.05, 4.69) is 21.2 Å². The third-order valence-corrected chi connectivity index (χ3v) is 3.95. The maximum atomic E-state index is 11.9. The Morgan fingerprint density at radius 3 is 2.65 bits per heavy atom. The van der Waals surface area contributed by atoms with Crippen molar-refractivity contribution in [2.45, 2.75) is 37.6 Å². The minimum atomic E-state index is -0.286. The SMILES string of the molecule is NC1(CC(=O)Nc2ccccc2Br)CCCC1. The van der Waals surface area contributed by atoms with Crippen LogP contribution in [0.25, 0.3) is 0 Å². The number of anilines is 1. The summed E-state index contributed by atoms with van der Waals surface area (Å²) >= 11 is 3.40. The van der Waals surface area contributed by atoms with Crippen LogP contribution in [0.3, 0.4) is 0 Å². The van der Waals surface area contributed by atoms with E-state index in [-0.39, 0.29) is 11.4 Å². The van der Waals surface area contributed by atoms with Crippen LogP contribution < -0.4 is 11.1 Å². The van der Waals surface area contributed by atoms with Crippen molar-refractivity contribution >= 4 is 27.5 Å². The quantitative estimate of drug-likeness (QED) is 0.901. The van der Waals surface area contributed by atoms with Gasteiger partial charge in [-0.2, -0.15) is 0 Å². The van der Waals surface area contributed by atoms with Gasteiger partial charge in [-0.05, 0) is 40.9 Å². The Labute approximate surface area is 110 Å². The lowest BCUT2D eigenvalue weighted by molar-refractivity contribution is -0.117. The van der Waals surface area contributed by atoms with Crippen molar-refractivity contribution in [3.05, 3.63) is 28.7 Å². The summed E-state index contributed by atoms with van der Waals surface area (Å²) in [5, 5.41) is 2.90. The van der Waals surface area contributed by atoms with Crippen LogP contribution in [-0.4, -0.2) is 11.4 Å². The molecular formula is C13H17BrN2O. The molecule has 0 heterocycles. The molecule has 0 saturated heterocycles. The molecule has 1 saturated carbocycles. The minimum Gasteiger partial charge on any atom is -0.325 e. The first-order chi connectivity index (χ1) is 8.09. The van der Waals surface area contributed by atoms with E-state index in [0.29, 0.717) is 6.42 Å². The number of hydrogen-bond acceptors (Lipinski definition) is 2. The summed E-state index contributed by atoms with van der Waals surface area (Å²) in [6, 6.07) is 7.60. The lowest BCUT2D eigenvalue weighted by Crippen LogP contribution is -2.40. The van der Waals surface area contributed by atoms with E-state index in [4.69, 9.17) is 5.73 Å². The number of benzene rings is 1. The molecule has 0 unspecified atom stereocenters. The number of nitrogens with two attached hydrogens (primary N) is 1. The van der Waals surface area contributed by atoms with Gasteiger partial charge in [0.1, 0.15) is 0 Å². The molecule has 4 heteroatoms. The van der Waals surface area contributed by atoms with Gasteiger partial charge in [-0.25, -0.2) is 0 Å². The molecule has 0 radical (unpaired) electrons. The highest BCUT2D eigenvalue weighted by Gasteiger charge is 2.31. The molecule has 0 bridgehead atoms. The number of para-hydroxylation sites is 1. The van der Waals surface area contributed by atoms with Gasteiger partial charge >= 0.3 is 0 Å². The Hall–Kier alpha value is -0.870. The largest absolute Gasteiger partial charge is 0.325 e. The summed E-state index contributed by atoms with van der Waals surface area (Å²) in [7, 11) is 0. The zero-order chi connectivity index (χ0) is 12.3. The van der Waals surface area contributed by atoms with E-state index in [9.17, 15) is 4.79 Å². The van der Waals surface area contributed by atoms with Crippen LogP contribution in [-0.2, 0) is 4.79 Å². The first-order valence-electron chi connectivity index (χ1n) is 5.92. The van der Waals surface area contributed by atoms with Gasteiger partial charge < -0.3 is 11.1 Å². The summed E-state index contributed by atoms with van der Waals surface area (Å²) < 4.78 is 0.894. The second kappa shape index (κ2) is 5.19. The van der Waals surface area contributed by atoms with E-state index < -0.39 is 0 Å². The highest BCUT2D eigenvalue weighted by atomic mass is 79.9. The lowest BCUT2D eigenvalue weighted by atomic mass is 9.94. The second-order valence-corrected chi connectivity index (χ2v) is 5.63. The van der Waals surface area contributed by atoms with E-state index in [0.717, 1.165) is 35.8 Å². The fraction of sp³-hybridized carbons (Fsp3) is 0.462. The van der Waals surface area contributed by atoms with Gasteiger partial charge in [-0.15, -0.1) is 0 Å². The lowest BCUT2D eigenvalue weighted by Gasteiger charge is -2.22. The number of nitrogens with one attached hydrogen (secondary N) is 1. The summed E-state index contributed by atoms with van der Waals surface area (Å²) in [5.74, 6) is 0.00120. The number of rotatable bonds is 3. The van der Waals surface area contributed by atoms with Crippen LogP contribution in [0, 0.1) is 0 Å². The van der Waals surface area contributed by atoms with Gasteiger partial charge in [0.2, 0.25) is 5.91 Å². The van der Waals surface area contributed by atoms with Crippen LogP contribution in [0.15, 0.2) is 28.7 Å². The molecule has 1 aliphatic rings. The zero-order valence-electron chi connectivity index (χ0n) is 9.71. The van der Waals surface area contributed by atoms with E-state index >= 15 is 0 Å². The predicted molar refractivity (Wildman–Crippen MR) is 72.8 cm³/mol. The van der Waals surface area contributed by atoms with Gasteiger partial charge in [-0.3, -0.25) is 4.79 Å². The summed E-state index contributed by atoms with van der Waals surface area (Å²) in [6.45, 7) is 0. The molecule has 2 rings (SSSR count). The smallest absolute Gasteiger partial charge is 0.226 e. The van der Waals surface area contributed by atoms with Gasteiger partial charge in [0, 0.05) is 16.4 Å². The number of carbonyl (C=O) groups excluding carboxylic acids is 1. The Morgan fingerprint density at radius 1 is 1.35 bits per heavy atom. The standard InChI is InChI=1S/C13H17BrN2O/c14-10-5-1-2-6-11(10)16-12(17)9-13(15)7-3-4-8-13/h1-2,5-6H,3-4,7-9,15H2,(H,16,17).